The van der Waals surface area contributed by atoms with Gasteiger partial charge >= 0.3 is 0 Å². The van der Waals surface area contributed by atoms with E-state index >= 15 is 0 Å². The molecule has 0 atom stereocenters. The highest BCUT2D eigenvalue weighted by atomic mass is 32.1. The van der Waals surface area contributed by atoms with Crippen LogP contribution in [0.3, 0.4) is 0 Å². The zero-order chi connectivity index (χ0) is 20.3. The van der Waals surface area contributed by atoms with Gasteiger partial charge in [-0.1, -0.05) is 12.1 Å². The second-order valence-corrected chi connectivity index (χ2v) is 6.20. The molecule has 9 heteroatoms. The van der Waals surface area contributed by atoms with Crippen LogP contribution >= 0.6 is 12.2 Å². The van der Waals surface area contributed by atoms with Crippen LogP contribution in [0.25, 0.3) is 6.08 Å². The minimum atomic E-state index is -0.589. The van der Waals surface area contributed by atoms with E-state index in [1.54, 1.807) is 24.3 Å². The third-order valence-electron chi connectivity index (χ3n) is 3.62. The smallest absolute Gasteiger partial charge is 0.263 e. The largest absolute Gasteiger partial charge is 0.455 e. The molecular formula is C19H14FN3O4S. The summed E-state index contributed by atoms with van der Waals surface area (Å²) in [5.74, 6) is -1.50. The summed E-state index contributed by atoms with van der Waals surface area (Å²) in [4.78, 5) is 35.0. The fourth-order valence-corrected chi connectivity index (χ4v) is 2.59. The van der Waals surface area contributed by atoms with Gasteiger partial charge in [-0.2, -0.15) is 0 Å². The number of carbonyl (C=O) groups is 3. The summed E-state index contributed by atoms with van der Waals surface area (Å²) in [6.45, 7) is 1.33. The topological polar surface area (TPSA) is 96.5 Å². The van der Waals surface area contributed by atoms with Crippen LogP contribution < -0.4 is 20.7 Å². The molecule has 0 unspecified atom stereocenters. The third-order valence-corrected chi connectivity index (χ3v) is 3.82. The van der Waals surface area contributed by atoms with E-state index < -0.39 is 17.6 Å². The first-order valence-electron chi connectivity index (χ1n) is 8.05. The summed E-state index contributed by atoms with van der Waals surface area (Å²) >= 11 is 4.74. The maximum Gasteiger partial charge on any atom is 0.263 e. The molecule has 0 spiro atoms. The lowest BCUT2D eigenvalue weighted by molar-refractivity contribution is -0.123. The Balaban J connectivity index is 1.81. The first-order valence-corrected chi connectivity index (χ1v) is 8.46. The van der Waals surface area contributed by atoms with Gasteiger partial charge in [-0.3, -0.25) is 25.0 Å². The molecule has 1 aliphatic rings. The molecule has 28 heavy (non-hydrogen) atoms. The first-order chi connectivity index (χ1) is 13.3. The van der Waals surface area contributed by atoms with Gasteiger partial charge in [0.1, 0.15) is 17.1 Å². The number of ether oxygens (including phenoxy) is 1. The highest BCUT2D eigenvalue weighted by Crippen LogP contribution is 2.30. The molecule has 0 radical (unpaired) electrons. The number of hydrogen-bond donors (Lipinski definition) is 3. The van der Waals surface area contributed by atoms with Crippen LogP contribution in [0.15, 0.2) is 48.0 Å². The van der Waals surface area contributed by atoms with E-state index in [-0.39, 0.29) is 22.3 Å². The number of benzene rings is 2. The molecule has 2 aromatic carbocycles. The monoisotopic (exact) mass is 399 g/mol. The summed E-state index contributed by atoms with van der Waals surface area (Å²) in [7, 11) is 0. The Morgan fingerprint density at radius 3 is 2.36 bits per heavy atom. The van der Waals surface area contributed by atoms with Gasteiger partial charge in [0.2, 0.25) is 5.91 Å². The lowest BCUT2D eigenvalue weighted by Gasteiger charge is -2.16. The summed E-state index contributed by atoms with van der Waals surface area (Å²) in [5.41, 5.74) is 0.814. The van der Waals surface area contributed by atoms with Crippen molar-refractivity contribution in [3.05, 3.63) is 59.4 Å². The van der Waals surface area contributed by atoms with Crippen LogP contribution in [-0.2, 0) is 14.4 Å². The summed E-state index contributed by atoms with van der Waals surface area (Å²) in [5, 5.41) is 7.22. The van der Waals surface area contributed by atoms with Crippen molar-refractivity contribution in [3.63, 3.8) is 0 Å². The second-order valence-electron chi connectivity index (χ2n) is 5.79. The van der Waals surface area contributed by atoms with E-state index in [0.717, 1.165) is 6.07 Å². The quantitative estimate of drug-likeness (QED) is 0.417. The van der Waals surface area contributed by atoms with Crippen molar-refractivity contribution in [2.45, 2.75) is 6.92 Å². The van der Waals surface area contributed by atoms with Crippen molar-refractivity contribution in [2.75, 3.05) is 5.32 Å². The Morgan fingerprint density at radius 1 is 1.11 bits per heavy atom. The van der Waals surface area contributed by atoms with E-state index in [9.17, 15) is 18.8 Å². The van der Waals surface area contributed by atoms with Crippen LogP contribution in [0.2, 0.25) is 0 Å². The average molecular weight is 399 g/mol. The Labute approximate surface area is 164 Å². The molecule has 3 N–H and O–H groups in total. The minimum absolute atomic E-state index is 0.0408. The van der Waals surface area contributed by atoms with Crippen LogP contribution in [0, 0.1) is 5.82 Å². The van der Waals surface area contributed by atoms with Gasteiger partial charge in [0, 0.05) is 13.0 Å². The molecule has 0 aromatic heterocycles. The van der Waals surface area contributed by atoms with Gasteiger partial charge in [0.15, 0.2) is 10.9 Å². The average Bonchev–Trinajstić information content (AvgIpc) is 2.61. The first kappa shape index (κ1) is 19.2. The van der Waals surface area contributed by atoms with Crippen molar-refractivity contribution in [1.82, 2.24) is 10.6 Å². The number of anilines is 1. The fourth-order valence-electron chi connectivity index (χ4n) is 2.41. The normalized spacial score (nSPS) is 13.5. The highest BCUT2D eigenvalue weighted by molar-refractivity contribution is 7.80. The number of nitrogens with one attached hydrogen (secondary N) is 3. The molecule has 0 bridgehead atoms. The summed E-state index contributed by atoms with van der Waals surface area (Å²) in [6.07, 6.45) is 1.40. The molecule has 1 heterocycles. The number of rotatable bonds is 4. The Bertz CT molecular complexity index is 996. The number of hydrogen-bond acceptors (Lipinski definition) is 5. The SMILES string of the molecule is CC(=O)Nc1ccc(F)cc1Oc1ccc(C=C2C(=O)NC(=S)NC2=O)cc1. The van der Waals surface area contributed by atoms with Gasteiger partial charge in [-0.15, -0.1) is 0 Å². The number of carbonyl (C=O) groups excluding carboxylic acids is 3. The van der Waals surface area contributed by atoms with Gasteiger partial charge in [-0.25, -0.2) is 4.39 Å². The molecule has 1 aliphatic heterocycles. The van der Waals surface area contributed by atoms with Crippen molar-refractivity contribution in [3.8, 4) is 11.5 Å². The lowest BCUT2D eigenvalue weighted by Crippen LogP contribution is -2.51. The van der Waals surface area contributed by atoms with Crippen molar-refractivity contribution < 1.29 is 23.5 Å². The molecule has 0 aliphatic carbocycles. The second kappa shape index (κ2) is 7.97. The Kier molecular flexibility index (Phi) is 5.46. The molecular weight excluding hydrogens is 385 g/mol. The van der Waals surface area contributed by atoms with Crippen LogP contribution in [-0.4, -0.2) is 22.8 Å². The zero-order valence-corrected chi connectivity index (χ0v) is 15.4. The van der Waals surface area contributed by atoms with E-state index in [1.165, 1.54) is 25.1 Å². The fraction of sp³-hybridized carbons (Fsp3) is 0.0526. The van der Waals surface area contributed by atoms with Crippen LogP contribution in [0.1, 0.15) is 12.5 Å². The standard InChI is InChI=1S/C19H14FN3O4S/c1-10(24)21-15-7-4-12(20)9-16(15)27-13-5-2-11(3-6-13)8-14-17(25)22-19(28)23-18(14)26/h2-9H,1H3,(H,21,24)(H2,22,23,25,26,28). The molecule has 2 aromatic rings. The molecule has 0 saturated carbocycles. The van der Waals surface area contributed by atoms with Crippen molar-refractivity contribution in [2.24, 2.45) is 0 Å². The Morgan fingerprint density at radius 2 is 1.75 bits per heavy atom. The molecule has 1 saturated heterocycles. The molecule has 7 nitrogen and oxygen atoms in total. The minimum Gasteiger partial charge on any atom is -0.455 e. The van der Waals surface area contributed by atoms with Gasteiger partial charge in [0.05, 0.1) is 5.69 Å². The van der Waals surface area contributed by atoms with Crippen molar-refractivity contribution in [1.29, 1.82) is 0 Å². The number of amides is 3. The van der Waals surface area contributed by atoms with E-state index in [4.69, 9.17) is 17.0 Å². The molecule has 142 valence electrons. The molecule has 3 rings (SSSR count). The maximum absolute atomic E-state index is 13.5. The summed E-state index contributed by atoms with van der Waals surface area (Å²) in [6, 6.07) is 10.2. The predicted molar refractivity (Wildman–Crippen MR) is 104 cm³/mol. The van der Waals surface area contributed by atoms with Gasteiger partial charge in [-0.05, 0) is 48.1 Å². The number of thiocarbonyl (C=S) groups is 1. The van der Waals surface area contributed by atoms with E-state index in [0.29, 0.717) is 17.0 Å². The number of halogens is 1. The maximum atomic E-state index is 13.5. The van der Waals surface area contributed by atoms with Crippen LogP contribution in [0.5, 0.6) is 11.5 Å². The van der Waals surface area contributed by atoms with Gasteiger partial charge in [0.25, 0.3) is 11.8 Å². The van der Waals surface area contributed by atoms with Crippen molar-refractivity contribution >= 4 is 46.8 Å². The predicted octanol–water partition coefficient (Wildman–Crippen LogP) is 2.49. The third kappa shape index (κ3) is 4.57. The summed E-state index contributed by atoms with van der Waals surface area (Å²) < 4.78 is 19.2. The highest BCUT2D eigenvalue weighted by Gasteiger charge is 2.25. The van der Waals surface area contributed by atoms with Gasteiger partial charge < -0.3 is 10.1 Å². The Hall–Kier alpha value is -3.59. The molecule has 3 amide bonds. The van der Waals surface area contributed by atoms with E-state index in [1.807, 2.05) is 0 Å². The molecule has 1 fully saturated rings. The zero-order valence-electron chi connectivity index (χ0n) is 14.5. The van der Waals surface area contributed by atoms with Crippen LogP contribution in [0.4, 0.5) is 10.1 Å². The lowest BCUT2D eigenvalue weighted by atomic mass is 10.1. The van der Waals surface area contributed by atoms with E-state index in [2.05, 4.69) is 16.0 Å².